The molecule has 3 aliphatic rings. The van der Waals surface area contributed by atoms with E-state index in [2.05, 4.69) is 39.6 Å². The Bertz CT molecular complexity index is 725. The van der Waals surface area contributed by atoms with Gasteiger partial charge in [0.2, 0.25) is 0 Å². The van der Waals surface area contributed by atoms with Gasteiger partial charge in [0.15, 0.2) is 0 Å². The van der Waals surface area contributed by atoms with Crippen molar-refractivity contribution in [3.63, 3.8) is 0 Å². The van der Waals surface area contributed by atoms with Gasteiger partial charge in [0.25, 0.3) is 0 Å². The van der Waals surface area contributed by atoms with Crippen molar-refractivity contribution in [3.8, 4) is 0 Å². The Balaban J connectivity index is 1.78. The fourth-order valence-electron chi connectivity index (χ4n) is 4.36. The molecule has 0 fully saturated rings. The largest absolute Gasteiger partial charge is 0.416 e. The van der Waals surface area contributed by atoms with E-state index in [0.29, 0.717) is 12.3 Å². The number of nitrogens with two attached hydrogens (primary N) is 1. The van der Waals surface area contributed by atoms with Gasteiger partial charge in [-0.15, -0.1) is 0 Å². The summed E-state index contributed by atoms with van der Waals surface area (Å²) < 4.78 is 40.7. The average molecular weight is 461 g/mol. The maximum Gasteiger partial charge on any atom is 0.416 e. The molecule has 1 heterocycles. The molecule has 6 unspecified atom stereocenters. The molecule has 3 rings (SSSR count). The van der Waals surface area contributed by atoms with Crippen LogP contribution in [0, 0.1) is 17.8 Å². The number of fused-ring (bicyclic) bond motifs is 1. The lowest BCUT2D eigenvalue weighted by molar-refractivity contribution is -0.0891. The lowest BCUT2D eigenvalue weighted by Crippen LogP contribution is -2.56. The predicted octanol–water partition coefficient (Wildman–Crippen LogP) is 4.36. The van der Waals surface area contributed by atoms with Gasteiger partial charge in [-0.1, -0.05) is 35.0 Å². The van der Waals surface area contributed by atoms with Crippen LogP contribution in [0.5, 0.6) is 0 Å². The molecule has 156 valence electrons. The molecule has 1 aliphatic heterocycles. The van der Waals surface area contributed by atoms with Crippen molar-refractivity contribution in [2.45, 2.75) is 64.5 Å². The van der Waals surface area contributed by atoms with Crippen LogP contribution in [0.15, 0.2) is 39.0 Å². The van der Waals surface area contributed by atoms with Crippen molar-refractivity contribution >= 4 is 21.8 Å². The summed E-state index contributed by atoms with van der Waals surface area (Å²) in [4.78, 5) is 4.76. The Labute approximate surface area is 172 Å². The molecule has 0 saturated carbocycles. The van der Waals surface area contributed by atoms with Crippen LogP contribution in [-0.4, -0.2) is 30.3 Å². The van der Waals surface area contributed by atoms with Crippen LogP contribution in [0.4, 0.5) is 13.2 Å². The zero-order valence-corrected chi connectivity index (χ0v) is 17.9. The molecule has 0 aromatic carbocycles. The number of allylic oxidation sites excluding steroid dienone is 4. The first-order valence-corrected chi connectivity index (χ1v) is 10.6. The summed E-state index contributed by atoms with van der Waals surface area (Å²) in [5.74, 6) is 1.08. The summed E-state index contributed by atoms with van der Waals surface area (Å²) in [5, 5.41) is 7.01. The Kier molecular flexibility index (Phi) is 6.29. The monoisotopic (exact) mass is 460 g/mol. The van der Waals surface area contributed by atoms with Crippen molar-refractivity contribution in [3.05, 3.63) is 34.0 Å². The standard InChI is InChI=1S/C20H28BrF3N4/c1-10-6-15(21)4-5-17-18(10)27-12(3)28-19(17)26-11(2)13-7-14(20(22,23)24)9-16(25)8-13/h6-7,9-13,17-18,27H,4-5,8,25H2,1-3H3,(H,26,28). The quantitative estimate of drug-likeness (QED) is 0.573. The molecule has 0 bridgehead atoms. The molecule has 8 heteroatoms. The maximum absolute atomic E-state index is 13.2. The average Bonchev–Trinajstić information content (AvgIpc) is 2.72. The number of amidine groups is 1. The first kappa shape index (κ1) is 21.4. The van der Waals surface area contributed by atoms with Gasteiger partial charge in [-0.25, -0.2) is 0 Å². The van der Waals surface area contributed by atoms with Crippen LogP contribution in [0.2, 0.25) is 0 Å². The van der Waals surface area contributed by atoms with E-state index in [1.807, 2.05) is 13.8 Å². The van der Waals surface area contributed by atoms with Crippen molar-refractivity contribution in [1.82, 2.24) is 10.6 Å². The predicted molar refractivity (Wildman–Crippen MR) is 110 cm³/mol. The first-order valence-electron chi connectivity index (χ1n) is 9.76. The van der Waals surface area contributed by atoms with Gasteiger partial charge in [-0.3, -0.25) is 10.3 Å². The maximum atomic E-state index is 13.2. The van der Waals surface area contributed by atoms with E-state index in [9.17, 15) is 13.2 Å². The van der Waals surface area contributed by atoms with E-state index < -0.39 is 11.7 Å². The highest BCUT2D eigenvalue weighted by atomic mass is 79.9. The molecule has 4 N–H and O–H groups in total. The normalized spacial score (nSPS) is 34.9. The summed E-state index contributed by atoms with van der Waals surface area (Å²) in [5.41, 5.74) is 5.41. The zero-order valence-electron chi connectivity index (χ0n) is 16.4. The molecule has 0 aromatic heterocycles. The lowest BCUT2D eigenvalue weighted by Gasteiger charge is -2.39. The molecule has 4 nitrogen and oxygen atoms in total. The van der Waals surface area contributed by atoms with Crippen LogP contribution in [0.25, 0.3) is 0 Å². The molecule has 6 atom stereocenters. The summed E-state index contributed by atoms with van der Waals surface area (Å²) >= 11 is 3.63. The number of nitrogens with one attached hydrogen (secondary N) is 2. The molecular weight excluding hydrogens is 433 g/mol. The Morgan fingerprint density at radius 2 is 2.04 bits per heavy atom. The molecule has 2 aliphatic carbocycles. The highest BCUT2D eigenvalue weighted by Crippen LogP contribution is 2.35. The van der Waals surface area contributed by atoms with Crippen LogP contribution < -0.4 is 16.4 Å². The molecule has 0 saturated heterocycles. The Hall–Kier alpha value is -1.28. The van der Waals surface area contributed by atoms with Crippen molar-refractivity contribution in [2.24, 2.45) is 28.5 Å². The fourth-order valence-corrected chi connectivity index (χ4v) is 5.00. The van der Waals surface area contributed by atoms with E-state index >= 15 is 0 Å². The van der Waals surface area contributed by atoms with Crippen LogP contribution in [-0.2, 0) is 0 Å². The van der Waals surface area contributed by atoms with Gasteiger partial charge in [0.05, 0.1) is 11.7 Å². The molecule has 28 heavy (non-hydrogen) atoms. The summed E-state index contributed by atoms with van der Waals surface area (Å²) in [6, 6.07) is 0.0408. The minimum absolute atomic E-state index is 0.0405. The third-order valence-corrected chi connectivity index (χ3v) is 6.47. The molecular formula is C20H28BrF3N4. The number of rotatable bonds is 2. The topological polar surface area (TPSA) is 62.4 Å². The third kappa shape index (κ3) is 4.82. The second-order valence-corrected chi connectivity index (χ2v) is 9.16. The van der Waals surface area contributed by atoms with Gasteiger partial charge in [-0.2, -0.15) is 13.2 Å². The minimum Gasteiger partial charge on any atom is -0.402 e. The second kappa shape index (κ2) is 8.22. The van der Waals surface area contributed by atoms with Crippen molar-refractivity contribution in [1.29, 1.82) is 0 Å². The third-order valence-electron chi connectivity index (χ3n) is 5.81. The van der Waals surface area contributed by atoms with Gasteiger partial charge >= 0.3 is 6.18 Å². The molecule has 0 spiro atoms. The van der Waals surface area contributed by atoms with Gasteiger partial charge in [0.1, 0.15) is 5.84 Å². The van der Waals surface area contributed by atoms with E-state index in [1.165, 1.54) is 10.6 Å². The minimum atomic E-state index is -4.39. The van der Waals surface area contributed by atoms with Crippen molar-refractivity contribution in [2.75, 3.05) is 0 Å². The second-order valence-electron chi connectivity index (χ2n) is 8.14. The molecule has 0 radical (unpaired) electrons. The smallest absolute Gasteiger partial charge is 0.402 e. The van der Waals surface area contributed by atoms with Gasteiger partial charge in [-0.05, 0) is 49.6 Å². The highest BCUT2D eigenvalue weighted by molar-refractivity contribution is 9.11. The van der Waals surface area contributed by atoms with E-state index in [1.54, 1.807) is 0 Å². The summed E-state index contributed by atoms with van der Waals surface area (Å²) in [7, 11) is 0. The lowest BCUT2D eigenvalue weighted by atomic mass is 9.84. The SMILES string of the molecule is CC1N=C(NC(C)C2C=C(C(F)(F)F)C=C(N)C2)C2CCC(Br)=CC(C)C2N1. The van der Waals surface area contributed by atoms with E-state index in [-0.39, 0.29) is 35.8 Å². The number of hydrogen-bond acceptors (Lipinski definition) is 4. The van der Waals surface area contributed by atoms with Crippen LogP contribution in [0.3, 0.4) is 0 Å². The molecule has 0 aromatic rings. The summed E-state index contributed by atoms with van der Waals surface area (Å²) in [6.45, 7) is 6.09. The number of halogens is 4. The Morgan fingerprint density at radius 3 is 2.71 bits per heavy atom. The zero-order chi connectivity index (χ0) is 20.6. The number of hydrogen-bond donors (Lipinski definition) is 3. The van der Waals surface area contributed by atoms with Crippen molar-refractivity contribution < 1.29 is 13.2 Å². The van der Waals surface area contributed by atoms with E-state index in [0.717, 1.165) is 24.8 Å². The van der Waals surface area contributed by atoms with Gasteiger partial charge < -0.3 is 11.1 Å². The Morgan fingerprint density at radius 1 is 1.32 bits per heavy atom. The van der Waals surface area contributed by atoms with E-state index in [4.69, 9.17) is 10.7 Å². The number of nitrogens with zero attached hydrogens (tertiary/aromatic N) is 1. The first-order chi connectivity index (χ1) is 13.0. The summed E-state index contributed by atoms with van der Waals surface area (Å²) in [6.07, 6.45) is 2.41. The number of aliphatic imine (C=N–C) groups is 1. The van der Waals surface area contributed by atoms with Crippen LogP contribution in [0.1, 0.15) is 40.0 Å². The number of alkyl halides is 3. The van der Waals surface area contributed by atoms with Gasteiger partial charge in [0, 0.05) is 29.6 Å². The fraction of sp³-hybridized carbons (Fsp3) is 0.650. The molecule has 0 amide bonds. The highest BCUT2D eigenvalue weighted by Gasteiger charge is 2.38. The van der Waals surface area contributed by atoms with Crippen LogP contribution >= 0.6 is 15.9 Å².